The first kappa shape index (κ1) is 13.3. The minimum atomic E-state index is -0.645. The van der Waals surface area contributed by atoms with Crippen LogP contribution in [0.1, 0.15) is 24.3 Å². The summed E-state index contributed by atoms with van der Waals surface area (Å²) < 4.78 is 7.17. The van der Waals surface area contributed by atoms with Crippen molar-refractivity contribution in [3.8, 4) is 5.75 Å². The van der Waals surface area contributed by atoms with E-state index in [1.807, 2.05) is 15.2 Å². The lowest BCUT2D eigenvalue weighted by Crippen LogP contribution is -2.75. The number of Topliss-reactive ketones (excluding diaryl/α,β-unsaturated/α-hetero) is 1. The highest BCUT2D eigenvalue weighted by Gasteiger charge is 2.63. The quantitative estimate of drug-likeness (QED) is 0.650. The molecule has 3 fully saturated rings. The number of fused-ring (bicyclic) bond motifs is 2. The Morgan fingerprint density at radius 2 is 2.16 bits per heavy atom. The third-order valence-electron chi connectivity index (χ3n) is 4.38. The largest absolute Gasteiger partial charge is 0.497 e. The minimum absolute atomic E-state index is 0.0337. The maximum absolute atomic E-state index is 12.1. The minimum Gasteiger partial charge on any atom is -0.497 e. The highest BCUT2D eigenvalue weighted by molar-refractivity contribution is 14.1. The van der Waals surface area contributed by atoms with Crippen LogP contribution in [0.25, 0.3) is 0 Å². The van der Waals surface area contributed by atoms with Gasteiger partial charge in [0, 0.05) is 22.9 Å². The number of nitrogens with zero attached hydrogens (tertiary/aromatic N) is 1. The average molecular weight is 373 g/mol. The highest BCUT2D eigenvalue weighted by Crippen LogP contribution is 2.52. The molecule has 3 atom stereocenters. The van der Waals surface area contributed by atoms with Gasteiger partial charge in [-0.25, -0.2) is 3.11 Å². The van der Waals surface area contributed by atoms with Crippen molar-refractivity contribution in [1.29, 1.82) is 0 Å². The molecule has 0 amide bonds. The maximum Gasteiger partial charge on any atom is 0.174 e. The predicted octanol–water partition coefficient (Wildman–Crippen LogP) is 1.91. The molecule has 2 aliphatic heterocycles. The van der Waals surface area contributed by atoms with Crippen molar-refractivity contribution >= 4 is 28.6 Å². The van der Waals surface area contributed by atoms with Crippen molar-refractivity contribution < 1.29 is 14.6 Å². The van der Waals surface area contributed by atoms with E-state index in [1.165, 1.54) is 5.56 Å². The third-order valence-corrected chi connectivity index (χ3v) is 5.98. The summed E-state index contributed by atoms with van der Waals surface area (Å²) in [6, 6.07) is 7.98. The number of rotatable bonds is 3. The van der Waals surface area contributed by atoms with Crippen molar-refractivity contribution in [3.05, 3.63) is 29.8 Å². The summed E-state index contributed by atoms with van der Waals surface area (Å²) in [6.45, 7) is -0.0854. The lowest BCUT2D eigenvalue weighted by Gasteiger charge is -2.58. The second-order valence-corrected chi connectivity index (χ2v) is 6.33. The molecule has 4 nitrogen and oxygen atoms in total. The van der Waals surface area contributed by atoms with E-state index in [9.17, 15) is 9.90 Å². The van der Waals surface area contributed by atoms with Crippen molar-refractivity contribution in [3.63, 3.8) is 0 Å². The molecule has 2 heterocycles. The Bertz CT molecular complexity index is 504. The zero-order chi connectivity index (χ0) is 13.6. The first-order valence-electron chi connectivity index (χ1n) is 6.36. The van der Waals surface area contributed by atoms with E-state index in [0.717, 1.165) is 12.2 Å². The molecule has 3 unspecified atom stereocenters. The normalized spacial score (nSPS) is 33.9. The lowest BCUT2D eigenvalue weighted by atomic mass is 9.64. The van der Waals surface area contributed by atoms with Gasteiger partial charge in [0.2, 0.25) is 0 Å². The van der Waals surface area contributed by atoms with Crippen LogP contribution in [0.5, 0.6) is 5.75 Å². The monoisotopic (exact) mass is 373 g/mol. The molecule has 0 radical (unpaired) electrons. The molecule has 5 heteroatoms. The van der Waals surface area contributed by atoms with Crippen LogP contribution in [-0.2, 0) is 4.79 Å². The van der Waals surface area contributed by atoms with Gasteiger partial charge >= 0.3 is 0 Å². The number of aliphatic hydroxyl groups excluding tert-OH is 1. The van der Waals surface area contributed by atoms with Crippen LogP contribution in [-0.4, -0.2) is 39.3 Å². The fourth-order valence-corrected chi connectivity index (χ4v) is 4.31. The predicted molar refractivity (Wildman–Crippen MR) is 79.4 cm³/mol. The molecule has 0 spiro atoms. The smallest absolute Gasteiger partial charge is 0.174 e. The number of hydrogen-bond donors (Lipinski definition) is 1. The van der Waals surface area contributed by atoms with Gasteiger partial charge in [0.25, 0.3) is 0 Å². The van der Waals surface area contributed by atoms with Crippen LogP contribution in [0.2, 0.25) is 0 Å². The molecular weight excluding hydrogens is 357 g/mol. The molecule has 4 rings (SSSR count). The topological polar surface area (TPSA) is 49.8 Å². The first-order valence-corrected chi connectivity index (χ1v) is 7.33. The van der Waals surface area contributed by atoms with Gasteiger partial charge in [-0.05, 0) is 36.5 Å². The maximum atomic E-state index is 12.1. The molecule has 1 aromatic rings. The van der Waals surface area contributed by atoms with Crippen molar-refractivity contribution in [2.75, 3.05) is 13.7 Å². The summed E-state index contributed by atoms with van der Waals surface area (Å²) in [5.74, 6) is 1.38. The van der Waals surface area contributed by atoms with E-state index < -0.39 is 5.54 Å². The Morgan fingerprint density at radius 1 is 1.47 bits per heavy atom. The number of carbonyl (C=O) groups is 1. The summed E-state index contributed by atoms with van der Waals surface area (Å²) in [7, 11) is 1.65. The molecule has 1 aliphatic carbocycles. The number of piperidine rings is 1. The Hall–Kier alpha value is -0.660. The fraction of sp³-hybridized carbons (Fsp3) is 0.500. The van der Waals surface area contributed by atoms with Gasteiger partial charge in [-0.2, -0.15) is 0 Å². The van der Waals surface area contributed by atoms with Crippen molar-refractivity contribution in [1.82, 2.24) is 3.11 Å². The highest BCUT2D eigenvalue weighted by atomic mass is 127. The van der Waals surface area contributed by atoms with Crippen LogP contribution in [0.3, 0.4) is 0 Å². The summed E-state index contributed by atoms with van der Waals surface area (Å²) in [5.41, 5.74) is 0.578. The molecule has 3 aliphatic rings. The molecule has 2 bridgehead atoms. The molecule has 1 saturated carbocycles. The second kappa shape index (κ2) is 4.71. The SMILES string of the molecule is COc1ccc(C2CC3C(=O)C(CO)(C2)N3I)cc1. The number of ketones is 1. The van der Waals surface area contributed by atoms with E-state index in [-0.39, 0.29) is 18.4 Å². The van der Waals surface area contributed by atoms with E-state index in [2.05, 4.69) is 35.0 Å². The average Bonchev–Trinajstić information content (AvgIpc) is 2.48. The number of benzene rings is 1. The number of carbonyl (C=O) groups excluding carboxylic acids is 1. The van der Waals surface area contributed by atoms with Gasteiger partial charge in [0.15, 0.2) is 5.78 Å². The molecule has 2 saturated heterocycles. The zero-order valence-electron chi connectivity index (χ0n) is 10.7. The molecule has 1 aromatic carbocycles. The summed E-state index contributed by atoms with van der Waals surface area (Å²) in [6.07, 6.45) is 1.55. The number of ether oxygens (including phenoxy) is 1. The van der Waals surface area contributed by atoms with Gasteiger partial charge in [0.1, 0.15) is 11.3 Å². The van der Waals surface area contributed by atoms with Gasteiger partial charge in [-0.3, -0.25) is 4.79 Å². The van der Waals surface area contributed by atoms with Crippen molar-refractivity contribution in [2.45, 2.75) is 30.3 Å². The Morgan fingerprint density at radius 3 is 2.68 bits per heavy atom. The Kier molecular flexibility index (Phi) is 3.31. The molecular formula is C14H16INO3. The summed E-state index contributed by atoms with van der Waals surface area (Å²) in [5, 5.41) is 9.59. The van der Waals surface area contributed by atoms with Crippen LogP contribution >= 0.6 is 22.9 Å². The number of halogens is 1. The van der Waals surface area contributed by atoms with E-state index in [1.54, 1.807) is 7.11 Å². The van der Waals surface area contributed by atoms with Gasteiger partial charge in [-0.1, -0.05) is 12.1 Å². The van der Waals surface area contributed by atoms with Crippen LogP contribution < -0.4 is 4.74 Å². The first-order chi connectivity index (χ1) is 9.12. The van der Waals surface area contributed by atoms with Crippen LogP contribution in [0, 0.1) is 0 Å². The fourth-order valence-electron chi connectivity index (χ4n) is 3.24. The number of methoxy groups -OCH3 is 1. The van der Waals surface area contributed by atoms with Gasteiger partial charge < -0.3 is 9.84 Å². The van der Waals surface area contributed by atoms with Crippen molar-refractivity contribution in [2.24, 2.45) is 0 Å². The number of hydrogen-bond acceptors (Lipinski definition) is 4. The van der Waals surface area contributed by atoms with E-state index in [4.69, 9.17) is 4.74 Å². The Balaban J connectivity index is 1.83. The number of aliphatic hydroxyl groups is 1. The van der Waals surface area contributed by atoms with E-state index >= 15 is 0 Å². The lowest BCUT2D eigenvalue weighted by molar-refractivity contribution is -0.157. The second-order valence-electron chi connectivity index (χ2n) is 5.29. The molecule has 19 heavy (non-hydrogen) atoms. The molecule has 0 aromatic heterocycles. The third kappa shape index (κ3) is 1.82. The Labute approximate surface area is 126 Å². The molecule has 102 valence electrons. The van der Waals surface area contributed by atoms with Gasteiger partial charge in [0.05, 0.1) is 19.8 Å². The summed E-state index contributed by atoms with van der Waals surface area (Å²) in [4.78, 5) is 12.1. The van der Waals surface area contributed by atoms with Gasteiger partial charge in [-0.15, -0.1) is 0 Å². The summed E-state index contributed by atoms with van der Waals surface area (Å²) >= 11 is 2.17. The van der Waals surface area contributed by atoms with E-state index in [0.29, 0.717) is 12.3 Å². The zero-order valence-corrected chi connectivity index (χ0v) is 12.8. The molecule has 1 N–H and O–H groups in total. The van der Waals surface area contributed by atoms with Crippen LogP contribution in [0.15, 0.2) is 24.3 Å². The van der Waals surface area contributed by atoms with Crippen LogP contribution in [0.4, 0.5) is 0 Å². The standard InChI is InChI=1S/C14H16INO3/c1-19-11-4-2-9(3-5-11)10-6-12-13(18)14(7-10,8-17)16(12)15/h2-5,10,12,17H,6-8H2,1H3.